The van der Waals surface area contributed by atoms with E-state index in [1.165, 1.54) is 25.0 Å². The molecule has 0 aliphatic heterocycles. The van der Waals surface area contributed by atoms with Crippen molar-refractivity contribution in [3.63, 3.8) is 0 Å². The molecular formula is C12H19N3. The van der Waals surface area contributed by atoms with Gasteiger partial charge >= 0.3 is 0 Å². The molecule has 3 N–H and O–H groups in total. The summed E-state index contributed by atoms with van der Waals surface area (Å²) in [5.41, 5.74) is 8.49. The van der Waals surface area contributed by atoms with Gasteiger partial charge in [-0.3, -0.25) is 5.10 Å². The van der Waals surface area contributed by atoms with Gasteiger partial charge < -0.3 is 5.73 Å². The van der Waals surface area contributed by atoms with Crippen LogP contribution in [0.2, 0.25) is 0 Å². The van der Waals surface area contributed by atoms with Crippen LogP contribution in [0.15, 0.2) is 6.20 Å². The summed E-state index contributed by atoms with van der Waals surface area (Å²) >= 11 is 0. The molecule has 1 aromatic rings. The summed E-state index contributed by atoms with van der Waals surface area (Å²) in [6.07, 6.45) is 5.76. The second-order valence-corrected chi connectivity index (χ2v) is 5.78. The summed E-state index contributed by atoms with van der Waals surface area (Å²) in [6, 6.07) is 0. The molecule has 0 radical (unpaired) electrons. The van der Waals surface area contributed by atoms with E-state index >= 15 is 0 Å². The highest BCUT2D eigenvalue weighted by Crippen LogP contribution is 2.64. The Morgan fingerprint density at radius 2 is 2.27 bits per heavy atom. The number of hydrogen-bond acceptors (Lipinski definition) is 2. The molecule has 0 aromatic carbocycles. The molecule has 3 aliphatic rings. The van der Waals surface area contributed by atoms with E-state index in [4.69, 9.17) is 5.73 Å². The van der Waals surface area contributed by atoms with E-state index in [0.29, 0.717) is 11.3 Å². The van der Waals surface area contributed by atoms with E-state index in [1.54, 1.807) is 6.20 Å². The summed E-state index contributed by atoms with van der Waals surface area (Å²) in [7, 11) is 0. The number of nitrogens with zero attached hydrogens (tertiary/aromatic N) is 1. The summed E-state index contributed by atoms with van der Waals surface area (Å²) in [5.74, 6) is 2.37. The topological polar surface area (TPSA) is 54.7 Å². The van der Waals surface area contributed by atoms with Gasteiger partial charge in [0.15, 0.2) is 0 Å². The molecule has 0 spiro atoms. The maximum atomic E-state index is 5.95. The zero-order chi connectivity index (χ0) is 10.6. The molecule has 0 amide bonds. The number of hydrogen-bond donors (Lipinski definition) is 2. The third kappa shape index (κ3) is 1.09. The van der Waals surface area contributed by atoms with Gasteiger partial charge in [0.05, 0.1) is 17.6 Å². The minimum atomic E-state index is 0.514. The number of H-pyrrole nitrogens is 1. The maximum Gasteiger partial charge on any atom is 0.0733 e. The van der Waals surface area contributed by atoms with Gasteiger partial charge in [0, 0.05) is 5.92 Å². The quantitative estimate of drug-likeness (QED) is 0.740. The minimum Gasteiger partial charge on any atom is -0.396 e. The fourth-order valence-corrected chi connectivity index (χ4v) is 3.76. The summed E-state index contributed by atoms with van der Waals surface area (Å²) in [6.45, 7) is 4.81. The molecule has 82 valence electrons. The Balaban J connectivity index is 1.92. The average Bonchev–Trinajstić information content (AvgIpc) is 2.64. The fourth-order valence-electron chi connectivity index (χ4n) is 3.76. The van der Waals surface area contributed by atoms with E-state index < -0.39 is 0 Å². The van der Waals surface area contributed by atoms with E-state index in [-0.39, 0.29) is 0 Å². The average molecular weight is 205 g/mol. The van der Waals surface area contributed by atoms with E-state index in [0.717, 1.165) is 17.5 Å². The van der Waals surface area contributed by atoms with Gasteiger partial charge in [-0.25, -0.2) is 0 Å². The first-order valence-electron chi connectivity index (χ1n) is 5.89. The lowest BCUT2D eigenvalue weighted by Gasteiger charge is -2.60. The van der Waals surface area contributed by atoms with Gasteiger partial charge in [0.2, 0.25) is 0 Å². The van der Waals surface area contributed by atoms with Crippen molar-refractivity contribution in [3.8, 4) is 0 Å². The highest BCUT2D eigenvalue weighted by molar-refractivity contribution is 5.43. The van der Waals surface area contributed by atoms with Gasteiger partial charge in [0.25, 0.3) is 0 Å². The monoisotopic (exact) mass is 205 g/mol. The maximum absolute atomic E-state index is 5.95. The van der Waals surface area contributed by atoms with Gasteiger partial charge in [-0.1, -0.05) is 13.8 Å². The van der Waals surface area contributed by atoms with Crippen molar-refractivity contribution >= 4 is 5.69 Å². The fraction of sp³-hybridized carbons (Fsp3) is 0.750. The first-order valence-corrected chi connectivity index (χ1v) is 5.89. The largest absolute Gasteiger partial charge is 0.396 e. The zero-order valence-corrected chi connectivity index (χ0v) is 9.46. The number of fused-ring (bicyclic) bond motifs is 2. The normalized spacial score (nSPS) is 37.3. The van der Waals surface area contributed by atoms with Crippen LogP contribution in [0.5, 0.6) is 0 Å². The van der Waals surface area contributed by atoms with Crippen LogP contribution >= 0.6 is 0 Å². The number of aromatic nitrogens is 2. The standard InChI is InChI=1S/C12H19N3/c1-12(2)7-3-4-8(9(12)5-7)11-10(13)6-14-15-11/h6-9H,3-5,13H2,1-2H3,(H,14,15). The van der Waals surface area contributed by atoms with Crippen molar-refractivity contribution in [2.45, 2.75) is 39.0 Å². The first kappa shape index (κ1) is 9.25. The number of nitrogen functional groups attached to an aromatic ring is 1. The van der Waals surface area contributed by atoms with Crippen LogP contribution in [-0.2, 0) is 0 Å². The SMILES string of the molecule is CC1(C)C2CCC(c3[nH]ncc3N)C1C2. The summed E-state index contributed by atoms with van der Waals surface area (Å²) < 4.78 is 0. The molecule has 15 heavy (non-hydrogen) atoms. The first-order chi connectivity index (χ1) is 7.10. The number of anilines is 1. The van der Waals surface area contributed by atoms with Crippen LogP contribution in [0.1, 0.15) is 44.7 Å². The third-order valence-corrected chi connectivity index (χ3v) is 4.93. The van der Waals surface area contributed by atoms with Crippen molar-refractivity contribution in [3.05, 3.63) is 11.9 Å². The van der Waals surface area contributed by atoms with Crippen molar-refractivity contribution in [1.82, 2.24) is 10.2 Å². The molecule has 2 bridgehead atoms. The number of rotatable bonds is 1. The Morgan fingerprint density at radius 1 is 1.47 bits per heavy atom. The van der Waals surface area contributed by atoms with E-state index in [1.807, 2.05) is 0 Å². The van der Waals surface area contributed by atoms with Crippen LogP contribution in [-0.4, -0.2) is 10.2 Å². The highest BCUT2D eigenvalue weighted by Gasteiger charge is 2.55. The summed E-state index contributed by atoms with van der Waals surface area (Å²) in [4.78, 5) is 0. The molecule has 3 unspecified atom stereocenters. The Morgan fingerprint density at radius 3 is 2.80 bits per heavy atom. The molecule has 1 aromatic heterocycles. The predicted octanol–water partition coefficient (Wildman–Crippen LogP) is 2.53. The molecule has 3 heteroatoms. The number of nitrogens with two attached hydrogens (primary N) is 1. The molecule has 3 aliphatic carbocycles. The van der Waals surface area contributed by atoms with Crippen molar-refractivity contribution in [2.75, 3.05) is 5.73 Å². The lowest BCUT2D eigenvalue weighted by Crippen LogP contribution is -2.51. The highest BCUT2D eigenvalue weighted by atomic mass is 15.1. The van der Waals surface area contributed by atoms with Crippen LogP contribution in [0.4, 0.5) is 5.69 Å². The lowest BCUT2D eigenvalue weighted by atomic mass is 9.45. The molecular weight excluding hydrogens is 186 g/mol. The third-order valence-electron chi connectivity index (χ3n) is 4.93. The van der Waals surface area contributed by atoms with Crippen LogP contribution in [0.25, 0.3) is 0 Å². The van der Waals surface area contributed by atoms with Gasteiger partial charge in [-0.05, 0) is 36.5 Å². The second-order valence-electron chi connectivity index (χ2n) is 5.78. The minimum absolute atomic E-state index is 0.514. The molecule has 3 fully saturated rings. The van der Waals surface area contributed by atoms with Gasteiger partial charge in [-0.15, -0.1) is 0 Å². The van der Waals surface area contributed by atoms with Crippen LogP contribution in [0, 0.1) is 17.3 Å². The van der Waals surface area contributed by atoms with E-state index in [2.05, 4.69) is 24.0 Å². The predicted molar refractivity (Wildman–Crippen MR) is 60.4 cm³/mol. The Labute approximate surface area is 90.4 Å². The second kappa shape index (κ2) is 2.77. The van der Waals surface area contributed by atoms with Crippen LogP contribution in [0.3, 0.4) is 0 Å². The Kier molecular flexibility index (Phi) is 1.71. The Hall–Kier alpha value is -0.990. The van der Waals surface area contributed by atoms with Crippen molar-refractivity contribution in [2.24, 2.45) is 17.3 Å². The van der Waals surface area contributed by atoms with Crippen molar-refractivity contribution in [1.29, 1.82) is 0 Å². The molecule has 3 nitrogen and oxygen atoms in total. The number of aromatic amines is 1. The molecule has 4 rings (SSSR count). The number of nitrogens with one attached hydrogen (secondary N) is 1. The molecule has 3 atom stereocenters. The Bertz CT molecular complexity index is 378. The molecule has 0 saturated heterocycles. The zero-order valence-electron chi connectivity index (χ0n) is 9.46. The van der Waals surface area contributed by atoms with Crippen LogP contribution < -0.4 is 5.73 Å². The van der Waals surface area contributed by atoms with Crippen molar-refractivity contribution < 1.29 is 0 Å². The smallest absolute Gasteiger partial charge is 0.0733 e. The lowest BCUT2D eigenvalue weighted by molar-refractivity contribution is -0.0812. The van der Waals surface area contributed by atoms with E-state index in [9.17, 15) is 0 Å². The van der Waals surface area contributed by atoms with Gasteiger partial charge in [-0.2, -0.15) is 5.10 Å². The molecule has 1 heterocycles. The summed E-state index contributed by atoms with van der Waals surface area (Å²) in [5, 5.41) is 7.14. The molecule has 3 saturated carbocycles. The van der Waals surface area contributed by atoms with Gasteiger partial charge in [0.1, 0.15) is 0 Å².